The van der Waals surface area contributed by atoms with Crippen molar-refractivity contribution in [3.63, 3.8) is 0 Å². The summed E-state index contributed by atoms with van der Waals surface area (Å²) in [6.07, 6.45) is 7.23. The van der Waals surface area contributed by atoms with Gasteiger partial charge in [-0.05, 0) is 30.5 Å². The molecule has 0 saturated carbocycles. The topological polar surface area (TPSA) is 40.7 Å². The molecule has 0 radical (unpaired) electrons. The number of H-pyrrole nitrogens is 1. The van der Waals surface area contributed by atoms with Crippen LogP contribution in [0.3, 0.4) is 0 Å². The number of aromatic amines is 1. The lowest BCUT2D eigenvalue weighted by Crippen LogP contribution is -1.99. The Morgan fingerprint density at radius 1 is 1.24 bits per heavy atom. The van der Waals surface area contributed by atoms with Crippen LogP contribution >= 0.6 is 0 Å². The van der Waals surface area contributed by atoms with Gasteiger partial charge in [-0.2, -0.15) is 0 Å². The second-order valence-corrected chi connectivity index (χ2v) is 4.23. The summed E-state index contributed by atoms with van der Waals surface area (Å²) in [7, 11) is 0. The van der Waals surface area contributed by atoms with Crippen molar-refractivity contribution in [3.05, 3.63) is 48.0 Å². The summed E-state index contributed by atoms with van der Waals surface area (Å²) in [5, 5.41) is 3.36. The monoisotopic (exact) mass is 229 g/mol. The normalized spacial score (nSPS) is 10.4. The fourth-order valence-electron chi connectivity index (χ4n) is 1.75. The van der Waals surface area contributed by atoms with Crippen molar-refractivity contribution in [2.75, 3.05) is 5.32 Å². The second kappa shape index (κ2) is 6.09. The minimum Gasteiger partial charge on any atom is -0.379 e. The summed E-state index contributed by atoms with van der Waals surface area (Å²) >= 11 is 0. The van der Waals surface area contributed by atoms with Gasteiger partial charge in [0.25, 0.3) is 0 Å². The molecule has 2 rings (SSSR count). The number of nitrogens with zero attached hydrogens (tertiary/aromatic N) is 1. The van der Waals surface area contributed by atoms with E-state index in [4.69, 9.17) is 0 Å². The molecule has 0 unspecified atom stereocenters. The number of anilines is 1. The molecule has 1 aromatic heterocycles. The van der Waals surface area contributed by atoms with Crippen molar-refractivity contribution in [3.8, 4) is 0 Å². The van der Waals surface area contributed by atoms with Crippen molar-refractivity contribution in [2.24, 2.45) is 0 Å². The van der Waals surface area contributed by atoms with Gasteiger partial charge in [0.15, 0.2) is 0 Å². The van der Waals surface area contributed by atoms with E-state index in [0.29, 0.717) is 0 Å². The summed E-state index contributed by atoms with van der Waals surface area (Å²) in [6.45, 7) is 3.01. The third-order valence-electron chi connectivity index (χ3n) is 2.81. The van der Waals surface area contributed by atoms with E-state index in [0.717, 1.165) is 17.9 Å². The highest BCUT2D eigenvalue weighted by Crippen LogP contribution is 2.12. The molecule has 0 spiro atoms. The fraction of sp³-hybridized carbons (Fsp3) is 0.357. The maximum atomic E-state index is 3.99. The highest BCUT2D eigenvalue weighted by Gasteiger charge is 1.96. The van der Waals surface area contributed by atoms with E-state index in [1.807, 2.05) is 6.20 Å². The third-order valence-corrected chi connectivity index (χ3v) is 2.81. The predicted molar refractivity (Wildman–Crippen MR) is 71.0 cm³/mol. The van der Waals surface area contributed by atoms with Crippen LogP contribution in [0.15, 0.2) is 36.8 Å². The maximum Gasteiger partial charge on any atom is 0.0922 e. The van der Waals surface area contributed by atoms with E-state index in [9.17, 15) is 0 Å². The molecule has 0 aliphatic heterocycles. The Labute approximate surface area is 102 Å². The Hall–Kier alpha value is -1.77. The lowest BCUT2D eigenvalue weighted by molar-refractivity contribution is 0.795. The molecular formula is C14H19N3. The van der Waals surface area contributed by atoms with Gasteiger partial charge in [-0.15, -0.1) is 0 Å². The third kappa shape index (κ3) is 3.63. The van der Waals surface area contributed by atoms with Gasteiger partial charge in [0.05, 0.1) is 18.6 Å². The highest BCUT2D eigenvalue weighted by molar-refractivity contribution is 5.44. The second-order valence-electron chi connectivity index (χ2n) is 4.23. The number of unbranched alkanes of at least 4 members (excludes halogenated alkanes) is 1. The summed E-state index contributed by atoms with van der Waals surface area (Å²) in [5.74, 6) is 0. The molecule has 3 nitrogen and oxygen atoms in total. The molecule has 0 aliphatic rings. The van der Waals surface area contributed by atoms with Crippen LogP contribution in [-0.4, -0.2) is 9.97 Å². The van der Waals surface area contributed by atoms with E-state index in [-0.39, 0.29) is 0 Å². The van der Waals surface area contributed by atoms with Crippen LogP contribution in [-0.2, 0) is 13.0 Å². The number of hydrogen-bond donors (Lipinski definition) is 2. The molecule has 3 heteroatoms. The molecule has 2 aromatic rings. The van der Waals surface area contributed by atoms with E-state index < -0.39 is 0 Å². The van der Waals surface area contributed by atoms with Gasteiger partial charge in [-0.3, -0.25) is 0 Å². The molecular weight excluding hydrogens is 210 g/mol. The maximum absolute atomic E-state index is 3.99. The average molecular weight is 229 g/mol. The number of nitrogens with one attached hydrogen (secondary N) is 2. The Kier molecular flexibility index (Phi) is 4.19. The Morgan fingerprint density at radius 2 is 2.06 bits per heavy atom. The van der Waals surface area contributed by atoms with E-state index >= 15 is 0 Å². The molecule has 1 heterocycles. The van der Waals surface area contributed by atoms with Crippen molar-refractivity contribution in [1.29, 1.82) is 0 Å². The molecule has 0 bridgehead atoms. The van der Waals surface area contributed by atoms with E-state index in [1.54, 1.807) is 6.33 Å². The first-order chi connectivity index (χ1) is 8.38. The first-order valence-corrected chi connectivity index (χ1v) is 6.18. The zero-order valence-electron chi connectivity index (χ0n) is 10.2. The van der Waals surface area contributed by atoms with Crippen LogP contribution in [0.4, 0.5) is 5.69 Å². The average Bonchev–Trinajstić information content (AvgIpc) is 2.88. The standard InChI is InChI=1S/C14H19N3/c1-2-3-4-12-5-7-13(8-6-12)16-10-14-9-15-11-17-14/h5-9,11,16H,2-4,10H2,1H3,(H,15,17). The summed E-state index contributed by atoms with van der Waals surface area (Å²) in [5.41, 5.74) is 3.67. The van der Waals surface area contributed by atoms with Crippen molar-refractivity contribution in [1.82, 2.24) is 9.97 Å². The number of imidazole rings is 1. The van der Waals surface area contributed by atoms with E-state index in [1.165, 1.54) is 24.8 Å². The number of aryl methyl sites for hydroxylation is 1. The molecule has 0 amide bonds. The lowest BCUT2D eigenvalue weighted by Gasteiger charge is -2.06. The first-order valence-electron chi connectivity index (χ1n) is 6.18. The fourth-order valence-corrected chi connectivity index (χ4v) is 1.75. The lowest BCUT2D eigenvalue weighted by atomic mass is 10.1. The van der Waals surface area contributed by atoms with Gasteiger partial charge in [0.1, 0.15) is 0 Å². The van der Waals surface area contributed by atoms with Gasteiger partial charge < -0.3 is 10.3 Å². The largest absolute Gasteiger partial charge is 0.379 e. The van der Waals surface area contributed by atoms with Gasteiger partial charge in [0, 0.05) is 11.9 Å². The van der Waals surface area contributed by atoms with Crippen molar-refractivity contribution in [2.45, 2.75) is 32.7 Å². The smallest absolute Gasteiger partial charge is 0.0922 e. The number of benzene rings is 1. The zero-order valence-corrected chi connectivity index (χ0v) is 10.2. The number of hydrogen-bond acceptors (Lipinski definition) is 2. The van der Waals surface area contributed by atoms with Gasteiger partial charge in [-0.25, -0.2) is 4.98 Å². The SMILES string of the molecule is CCCCc1ccc(NCc2cnc[nH]2)cc1. The van der Waals surface area contributed by atoms with Crippen LogP contribution in [0.1, 0.15) is 31.0 Å². The number of rotatable bonds is 6. The summed E-state index contributed by atoms with van der Waals surface area (Å²) in [4.78, 5) is 7.06. The molecule has 0 atom stereocenters. The molecule has 0 aliphatic carbocycles. The number of aromatic nitrogens is 2. The highest BCUT2D eigenvalue weighted by atomic mass is 14.9. The van der Waals surface area contributed by atoms with Crippen molar-refractivity contribution < 1.29 is 0 Å². The van der Waals surface area contributed by atoms with Crippen LogP contribution in [0.5, 0.6) is 0 Å². The molecule has 1 aromatic carbocycles. The quantitative estimate of drug-likeness (QED) is 0.797. The Balaban J connectivity index is 1.85. The summed E-state index contributed by atoms with van der Waals surface area (Å²) in [6, 6.07) is 8.68. The Morgan fingerprint density at radius 3 is 2.71 bits per heavy atom. The molecule has 2 N–H and O–H groups in total. The molecule has 0 saturated heterocycles. The van der Waals surface area contributed by atoms with Crippen LogP contribution in [0.25, 0.3) is 0 Å². The molecule has 0 fully saturated rings. The van der Waals surface area contributed by atoms with Crippen LogP contribution in [0.2, 0.25) is 0 Å². The summed E-state index contributed by atoms with van der Waals surface area (Å²) < 4.78 is 0. The van der Waals surface area contributed by atoms with Crippen molar-refractivity contribution >= 4 is 5.69 Å². The molecule has 90 valence electrons. The van der Waals surface area contributed by atoms with E-state index in [2.05, 4.69) is 46.5 Å². The van der Waals surface area contributed by atoms with Crippen LogP contribution < -0.4 is 5.32 Å². The van der Waals surface area contributed by atoms with Gasteiger partial charge >= 0.3 is 0 Å². The minimum atomic E-state index is 0.786. The zero-order chi connectivity index (χ0) is 11.9. The minimum absolute atomic E-state index is 0.786. The first kappa shape index (κ1) is 11.7. The van der Waals surface area contributed by atoms with Crippen LogP contribution in [0, 0.1) is 0 Å². The molecule has 17 heavy (non-hydrogen) atoms. The van der Waals surface area contributed by atoms with Gasteiger partial charge in [-0.1, -0.05) is 25.5 Å². The Bertz CT molecular complexity index is 417. The van der Waals surface area contributed by atoms with Gasteiger partial charge in [0.2, 0.25) is 0 Å². The predicted octanol–water partition coefficient (Wildman–Crippen LogP) is 3.36.